The molecule has 0 radical (unpaired) electrons. The third-order valence-corrected chi connectivity index (χ3v) is 4.12. The molecule has 1 aromatic rings. The normalized spacial score (nSPS) is 14.4. The van der Waals surface area contributed by atoms with Crippen LogP contribution in [0.3, 0.4) is 0 Å². The first-order chi connectivity index (χ1) is 9.81. The van der Waals surface area contributed by atoms with Crippen LogP contribution >= 0.6 is 0 Å². The summed E-state index contributed by atoms with van der Waals surface area (Å²) in [6.45, 7) is 8.77. The van der Waals surface area contributed by atoms with Gasteiger partial charge in [0.2, 0.25) is 5.91 Å². The van der Waals surface area contributed by atoms with Crippen molar-refractivity contribution in [3.8, 4) is 5.75 Å². The molecule has 1 amide bonds. The molecular weight excluding hydrogens is 264 g/mol. The van der Waals surface area contributed by atoms with E-state index in [1.54, 1.807) is 7.11 Å². The molecule has 118 valence electrons. The Morgan fingerprint density at radius 1 is 1.43 bits per heavy atom. The van der Waals surface area contributed by atoms with Crippen molar-refractivity contribution >= 4 is 5.91 Å². The highest BCUT2D eigenvalue weighted by molar-refractivity contribution is 5.81. The maximum Gasteiger partial charge on any atom is 0.237 e. The summed E-state index contributed by atoms with van der Waals surface area (Å²) < 4.78 is 5.25. The number of methoxy groups -OCH3 is 1. The third-order valence-electron chi connectivity index (χ3n) is 4.12. The van der Waals surface area contributed by atoms with Crippen LogP contribution in [0.2, 0.25) is 0 Å². The first-order valence-electron chi connectivity index (χ1n) is 7.49. The zero-order valence-electron chi connectivity index (χ0n) is 13.8. The molecule has 0 aromatic heterocycles. The molecule has 0 fully saturated rings. The van der Waals surface area contributed by atoms with E-state index in [0.29, 0.717) is 6.54 Å². The van der Waals surface area contributed by atoms with Gasteiger partial charge in [-0.15, -0.1) is 0 Å². The lowest BCUT2D eigenvalue weighted by Crippen LogP contribution is -2.47. The molecule has 0 saturated heterocycles. The third kappa shape index (κ3) is 4.74. The lowest BCUT2D eigenvalue weighted by molar-refractivity contribution is -0.123. The van der Waals surface area contributed by atoms with E-state index in [9.17, 15) is 4.79 Å². The predicted molar refractivity (Wildman–Crippen MR) is 86.5 cm³/mol. The van der Waals surface area contributed by atoms with Gasteiger partial charge in [-0.05, 0) is 23.6 Å². The summed E-state index contributed by atoms with van der Waals surface area (Å²) in [5, 5.41) is 2.97. The van der Waals surface area contributed by atoms with Crippen LogP contribution < -0.4 is 15.8 Å². The molecule has 0 aliphatic carbocycles. The summed E-state index contributed by atoms with van der Waals surface area (Å²) in [5.41, 5.74) is 6.90. The van der Waals surface area contributed by atoms with E-state index in [1.807, 2.05) is 38.1 Å². The highest BCUT2D eigenvalue weighted by Gasteiger charge is 2.25. The van der Waals surface area contributed by atoms with Crippen LogP contribution in [0.25, 0.3) is 0 Å². The number of nitrogens with two attached hydrogens (primary N) is 1. The molecule has 4 heteroatoms. The van der Waals surface area contributed by atoms with Crippen LogP contribution in [0.5, 0.6) is 5.75 Å². The first-order valence-corrected chi connectivity index (χ1v) is 7.49. The Bertz CT molecular complexity index is 472. The maximum atomic E-state index is 12.1. The number of carbonyl (C=O) groups is 1. The molecule has 2 atom stereocenters. The van der Waals surface area contributed by atoms with E-state index in [2.05, 4.69) is 19.2 Å². The minimum absolute atomic E-state index is 0.0830. The zero-order chi connectivity index (χ0) is 16.0. The van der Waals surface area contributed by atoms with Crippen molar-refractivity contribution in [1.82, 2.24) is 5.32 Å². The highest BCUT2D eigenvalue weighted by Crippen LogP contribution is 2.25. The summed E-state index contributed by atoms with van der Waals surface area (Å²) >= 11 is 0. The first kappa shape index (κ1) is 17.5. The van der Waals surface area contributed by atoms with Crippen LogP contribution in [0.4, 0.5) is 0 Å². The molecule has 3 N–H and O–H groups in total. The fourth-order valence-corrected chi connectivity index (χ4v) is 2.08. The van der Waals surface area contributed by atoms with E-state index in [4.69, 9.17) is 10.5 Å². The van der Waals surface area contributed by atoms with Gasteiger partial charge in [0.25, 0.3) is 0 Å². The van der Waals surface area contributed by atoms with Crippen molar-refractivity contribution in [3.63, 3.8) is 0 Å². The van der Waals surface area contributed by atoms with Crippen LogP contribution in [0, 0.1) is 5.92 Å². The molecule has 0 aliphatic rings. The van der Waals surface area contributed by atoms with Crippen LogP contribution in [-0.2, 0) is 10.2 Å². The van der Waals surface area contributed by atoms with Crippen LogP contribution in [-0.4, -0.2) is 25.6 Å². The Morgan fingerprint density at radius 3 is 2.67 bits per heavy atom. The number of amides is 1. The number of hydrogen-bond acceptors (Lipinski definition) is 3. The second-order valence-electron chi connectivity index (χ2n) is 6.24. The number of hydrogen-bond donors (Lipinski definition) is 2. The maximum absolute atomic E-state index is 12.1. The number of carbonyl (C=O) groups excluding carboxylic acids is 1. The molecular formula is C17H28N2O2. The van der Waals surface area contributed by atoms with Crippen molar-refractivity contribution in [2.24, 2.45) is 11.7 Å². The molecule has 0 bridgehead atoms. The summed E-state index contributed by atoms with van der Waals surface area (Å²) in [6, 6.07) is 7.47. The Balaban J connectivity index is 2.70. The van der Waals surface area contributed by atoms with E-state index >= 15 is 0 Å². The van der Waals surface area contributed by atoms with Crippen LogP contribution in [0.15, 0.2) is 24.3 Å². The highest BCUT2D eigenvalue weighted by atomic mass is 16.5. The summed E-state index contributed by atoms with van der Waals surface area (Å²) in [6.07, 6.45) is 0.897. The van der Waals surface area contributed by atoms with Gasteiger partial charge < -0.3 is 15.8 Å². The monoisotopic (exact) mass is 292 g/mol. The summed E-state index contributed by atoms with van der Waals surface area (Å²) in [5.74, 6) is 0.925. The van der Waals surface area contributed by atoms with Gasteiger partial charge in [-0.25, -0.2) is 0 Å². The standard InChI is InChI=1S/C17H28N2O2/c1-6-12(2)15(18)16(20)19-11-17(3,4)13-8-7-9-14(10-13)21-5/h7-10,12,15H,6,11,18H2,1-5H3,(H,19,20). The van der Waals surface area contributed by atoms with Gasteiger partial charge in [0.15, 0.2) is 0 Å². The zero-order valence-corrected chi connectivity index (χ0v) is 13.8. The van der Waals surface area contributed by atoms with Gasteiger partial charge in [0, 0.05) is 12.0 Å². The van der Waals surface area contributed by atoms with Crippen molar-refractivity contribution in [3.05, 3.63) is 29.8 Å². The van der Waals surface area contributed by atoms with Gasteiger partial charge in [-0.3, -0.25) is 4.79 Å². The average molecular weight is 292 g/mol. The minimum atomic E-state index is -0.448. The van der Waals surface area contributed by atoms with E-state index in [0.717, 1.165) is 17.7 Å². The Kier molecular flexibility index (Phi) is 6.21. The number of ether oxygens (including phenoxy) is 1. The summed E-state index contributed by atoms with van der Waals surface area (Å²) in [7, 11) is 1.65. The van der Waals surface area contributed by atoms with Gasteiger partial charge in [0.05, 0.1) is 13.2 Å². The SMILES string of the molecule is CCC(C)C(N)C(=O)NCC(C)(C)c1cccc(OC)c1. The second-order valence-corrected chi connectivity index (χ2v) is 6.24. The Labute approximate surface area is 128 Å². The molecule has 21 heavy (non-hydrogen) atoms. The van der Waals surface area contributed by atoms with E-state index < -0.39 is 6.04 Å². The largest absolute Gasteiger partial charge is 0.497 e. The van der Waals surface area contributed by atoms with Gasteiger partial charge in [-0.2, -0.15) is 0 Å². The smallest absolute Gasteiger partial charge is 0.237 e. The van der Waals surface area contributed by atoms with Crippen molar-refractivity contribution in [2.75, 3.05) is 13.7 Å². The lowest BCUT2D eigenvalue weighted by atomic mass is 9.84. The average Bonchev–Trinajstić information content (AvgIpc) is 2.51. The number of nitrogens with one attached hydrogen (secondary N) is 1. The van der Waals surface area contributed by atoms with Crippen molar-refractivity contribution < 1.29 is 9.53 Å². The Hall–Kier alpha value is -1.55. The molecule has 0 saturated carbocycles. The van der Waals surface area contributed by atoms with Gasteiger partial charge in [0.1, 0.15) is 5.75 Å². The van der Waals surface area contributed by atoms with Gasteiger partial charge >= 0.3 is 0 Å². The second kappa shape index (κ2) is 7.46. The van der Waals surface area contributed by atoms with Crippen molar-refractivity contribution in [2.45, 2.75) is 45.6 Å². The molecule has 0 aliphatic heterocycles. The summed E-state index contributed by atoms with van der Waals surface area (Å²) in [4.78, 5) is 12.1. The number of benzene rings is 1. The topological polar surface area (TPSA) is 64.4 Å². The molecule has 1 aromatic carbocycles. The molecule has 2 unspecified atom stereocenters. The number of rotatable bonds is 7. The molecule has 4 nitrogen and oxygen atoms in total. The van der Waals surface area contributed by atoms with Gasteiger partial charge in [-0.1, -0.05) is 46.2 Å². The Morgan fingerprint density at radius 2 is 2.10 bits per heavy atom. The molecule has 0 spiro atoms. The predicted octanol–water partition coefficient (Wildman–Crippen LogP) is 2.46. The quantitative estimate of drug-likeness (QED) is 0.811. The van der Waals surface area contributed by atoms with Crippen molar-refractivity contribution in [1.29, 1.82) is 0 Å². The fraction of sp³-hybridized carbons (Fsp3) is 0.588. The lowest BCUT2D eigenvalue weighted by Gasteiger charge is -2.27. The minimum Gasteiger partial charge on any atom is -0.497 e. The van der Waals surface area contributed by atoms with Crippen LogP contribution in [0.1, 0.15) is 39.7 Å². The van der Waals surface area contributed by atoms with E-state index in [-0.39, 0.29) is 17.2 Å². The van der Waals surface area contributed by atoms with E-state index in [1.165, 1.54) is 0 Å². The molecule has 1 rings (SSSR count). The molecule has 0 heterocycles. The fourth-order valence-electron chi connectivity index (χ4n) is 2.08.